The Labute approximate surface area is 121 Å². The molecule has 3 rings (SSSR count). The molecule has 0 fully saturated rings. The molecule has 0 amide bonds. The van der Waals surface area contributed by atoms with E-state index in [-0.39, 0.29) is 0 Å². The minimum absolute atomic E-state index is 0.747. The lowest BCUT2D eigenvalue weighted by atomic mass is 10.2. The van der Waals surface area contributed by atoms with Crippen LogP contribution in [0.1, 0.15) is 12.0 Å². The van der Waals surface area contributed by atoms with Gasteiger partial charge in [-0.15, -0.1) is 0 Å². The van der Waals surface area contributed by atoms with Crippen LogP contribution in [0.15, 0.2) is 41.0 Å². The molecule has 0 atom stereocenters. The molecule has 0 bridgehead atoms. The summed E-state index contributed by atoms with van der Waals surface area (Å²) in [6, 6.07) is 10.1. The van der Waals surface area contributed by atoms with E-state index >= 15 is 0 Å². The molecule has 0 spiro atoms. The number of nitrogens with zero attached hydrogens (tertiary/aromatic N) is 2. The summed E-state index contributed by atoms with van der Waals surface area (Å²) >= 11 is 3.65. The number of anilines is 2. The van der Waals surface area contributed by atoms with Crippen LogP contribution in [-0.4, -0.2) is 18.1 Å². The van der Waals surface area contributed by atoms with Crippen molar-refractivity contribution in [3.8, 4) is 5.75 Å². The topological polar surface area (TPSA) is 25.4 Å². The number of benzene rings is 1. The average molecular weight is 319 g/mol. The van der Waals surface area contributed by atoms with Crippen molar-refractivity contribution in [1.82, 2.24) is 4.98 Å². The van der Waals surface area contributed by atoms with E-state index in [1.54, 1.807) is 0 Å². The van der Waals surface area contributed by atoms with Gasteiger partial charge in [-0.05, 0) is 53.0 Å². The monoisotopic (exact) mass is 318 g/mol. The third kappa shape index (κ3) is 2.32. The van der Waals surface area contributed by atoms with Crippen LogP contribution in [-0.2, 0) is 0 Å². The number of aryl methyl sites for hydroxylation is 1. The van der Waals surface area contributed by atoms with Gasteiger partial charge in [-0.3, -0.25) is 0 Å². The quantitative estimate of drug-likeness (QED) is 0.792. The van der Waals surface area contributed by atoms with Crippen LogP contribution in [0.4, 0.5) is 11.5 Å². The Morgan fingerprint density at radius 1 is 1.26 bits per heavy atom. The summed E-state index contributed by atoms with van der Waals surface area (Å²) < 4.78 is 6.83. The van der Waals surface area contributed by atoms with Crippen LogP contribution < -0.4 is 9.64 Å². The lowest BCUT2D eigenvalue weighted by molar-refractivity contribution is 0.322. The molecule has 4 heteroatoms. The molecule has 0 radical (unpaired) electrons. The average Bonchev–Trinajstić information content (AvgIpc) is 2.64. The number of fused-ring (bicyclic) bond motifs is 1. The third-order valence-corrected chi connectivity index (χ3v) is 4.24. The molecule has 0 saturated carbocycles. The summed E-state index contributed by atoms with van der Waals surface area (Å²) in [5.41, 5.74) is 2.27. The molecule has 0 saturated heterocycles. The highest BCUT2D eigenvalue weighted by Gasteiger charge is 2.20. The van der Waals surface area contributed by atoms with Crippen LogP contribution in [0.2, 0.25) is 0 Å². The van der Waals surface area contributed by atoms with E-state index in [1.807, 2.05) is 30.5 Å². The molecular weight excluding hydrogens is 304 g/mol. The molecule has 0 N–H and O–H groups in total. The van der Waals surface area contributed by atoms with Crippen molar-refractivity contribution in [2.24, 2.45) is 0 Å². The van der Waals surface area contributed by atoms with Crippen molar-refractivity contribution >= 4 is 27.4 Å². The van der Waals surface area contributed by atoms with Crippen molar-refractivity contribution in [2.45, 2.75) is 13.3 Å². The van der Waals surface area contributed by atoms with Gasteiger partial charge in [-0.25, -0.2) is 4.98 Å². The van der Waals surface area contributed by atoms with E-state index in [1.165, 1.54) is 5.56 Å². The van der Waals surface area contributed by atoms with E-state index in [2.05, 4.69) is 38.8 Å². The second-order valence-corrected chi connectivity index (χ2v) is 5.38. The van der Waals surface area contributed by atoms with Gasteiger partial charge >= 0.3 is 0 Å². The van der Waals surface area contributed by atoms with Crippen molar-refractivity contribution in [3.05, 3.63) is 46.6 Å². The Bertz CT molecular complexity index is 600. The van der Waals surface area contributed by atoms with Crippen LogP contribution >= 0.6 is 15.9 Å². The zero-order chi connectivity index (χ0) is 13.2. The summed E-state index contributed by atoms with van der Waals surface area (Å²) in [4.78, 5) is 6.75. The zero-order valence-corrected chi connectivity index (χ0v) is 12.4. The predicted octanol–water partition coefficient (Wildman–Crippen LogP) is 4.07. The molecule has 0 unspecified atom stereocenters. The van der Waals surface area contributed by atoms with Gasteiger partial charge in [0.15, 0.2) is 0 Å². The van der Waals surface area contributed by atoms with Gasteiger partial charge < -0.3 is 9.64 Å². The summed E-state index contributed by atoms with van der Waals surface area (Å²) in [5.74, 6) is 1.88. The number of ether oxygens (including phenoxy) is 1. The number of hydrogen-bond donors (Lipinski definition) is 0. The smallest absolute Gasteiger partial charge is 0.147 e. The second-order valence-electron chi connectivity index (χ2n) is 4.59. The molecule has 3 nitrogen and oxygen atoms in total. The summed E-state index contributed by atoms with van der Waals surface area (Å²) in [7, 11) is 0. The van der Waals surface area contributed by atoms with E-state index in [0.29, 0.717) is 0 Å². The summed E-state index contributed by atoms with van der Waals surface area (Å²) in [5, 5.41) is 0. The van der Waals surface area contributed by atoms with Crippen molar-refractivity contribution in [1.29, 1.82) is 0 Å². The first-order valence-corrected chi connectivity index (χ1v) is 7.17. The highest BCUT2D eigenvalue weighted by atomic mass is 79.9. The molecule has 1 aromatic heterocycles. The lowest BCUT2D eigenvalue weighted by Gasteiger charge is -2.24. The van der Waals surface area contributed by atoms with Crippen LogP contribution in [0.3, 0.4) is 0 Å². The van der Waals surface area contributed by atoms with Gasteiger partial charge in [0.2, 0.25) is 0 Å². The Kier molecular flexibility index (Phi) is 3.42. The maximum atomic E-state index is 5.79. The van der Waals surface area contributed by atoms with Crippen molar-refractivity contribution in [2.75, 3.05) is 18.1 Å². The van der Waals surface area contributed by atoms with Crippen molar-refractivity contribution < 1.29 is 4.74 Å². The first-order chi connectivity index (χ1) is 9.27. The number of aromatic nitrogens is 1. The number of para-hydroxylation sites is 2. The second kappa shape index (κ2) is 5.21. The van der Waals surface area contributed by atoms with Crippen LogP contribution in [0, 0.1) is 6.92 Å². The lowest BCUT2D eigenvalue weighted by Crippen LogP contribution is -2.19. The molecule has 0 aliphatic carbocycles. The normalized spacial score (nSPS) is 14.5. The van der Waals surface area contributed by atoms with Gasteiger partial charge in [-0.1, -0.05) is 12.1 Å². The highest BCUT2D eigenvalue weighted by Crippen LogP contribution is 2.38. The first kappa shape index (κ1) is 12.5. The van der Waals surface area contributed by atoms with Crippen LogP contribution in [0.25, 0.3) is 0 Å². The number of halogens is 1. The van der Waals surface area contributed by atoms with E-state index in [4.69, 9.17) is 4.74 Å². The van der Waals surface area contributed by atoms with E-state index in [9.17, 15) is 0 Å². The molecule has 2 heterocycles. The molecule has 1 aliphatic rings. The maximum Gasteiger partial charge on any atom is 0.147 e. The molecule has 1 aliphatic heterocycles. The van der Waals surface area contributed by atoms with Crippen molar-refractivity contribution in [3.63, 3.8) is 0 Å². The number of rotatable bonds is 1. The fourth-order valence-corrected chi connectivity index (χ4v) is 2.71. The highest BCUT2D eigenvalue weighted by molar-refractivity contribution is 9.10. The summed E-state index contributed by atoms with van der Waals surface area (Å²) in [6.07, 6.45) is 2.83. The third-order valence-electron chi connectivity index (χ3n) is 3.26. The standard InChI is InChI=1S/C15H15BrN2O/c1-11-7-8-17-15(14(11)16)18-9-4-10-19-13-6-3-2-5-12(13)18/h2-3,5-8H,4,9-10H2,1H3. The van der Waals surface area contributed by atoms with Crippen LogP contribution in [0.5, 0.6) is 5.75 Å². The zero-order valence-electron chi connectivity index (χ0n) is 10.8. The molecule has 2 aromatic rings. The number of pyridine rings is 1. The molecule has 1 aromatic carbocycles. The fraction of sp³-hybridized carbons (Fsp3) is 0.267. The Balaban J connectivity index is 2.12. The van der Waals surface area contributed by atoms with E-state index < -0.39 is 0 Å². The minimum Gasteiger partial charge on any atom is -0.491 e. The van der Waals surface area contributed by atoms with Gasteiger partial charge in [0.25, 0.3) is 0 Å². The maximum absolute atomic E-state index is 5.79. The van der Waals surface area contributed by atoms with Gasteiger partial charge in [-0.2, -0.15) is 0 Å². The Hall–Kier alpha value is -1.55. The SMILES string of the molecule is Cc1ccnc(N2CCCOc3ccccc32)c1Br. The van der Waals surface area contributed by atoms with E-state index in [0.717, 1.165) is 41.3 Å². The Morgan fingerprint density at radius 3 is 3.00 bits per heavy atom. The van der Waals surface area contributed by atoms with Gasteiger partial charge in [0.05, 0.1) is 16.8 Å². The van der Waals surface area contributed by atoms with Gasteiger partial charge in [0, 0.05) is 12.7 Å². The van der Waals surface area contributed by atoms with Gasteiger partial charge in [0.1, 0.15) is 11.6 Å². The number of hydrogen-bond acceptors (Lipinski definition) is 3. The predicted molar refractivity (Wildman–Crippen MR) is 80.2 cm³/mol. The molecule has 98 valence electrons. The molecular formula is C15H15BrN2O. The first-order valence-electron chi connectivity index (χ1n) is 6.38. The largest absolute Gasteiger partial charge is 0.491 e. The fourth-order valence-electron chi connectivity index (χ4n) is 2.26. The minimum atomic E-state index is 0.747. The summed E-state index contributed by atoms with van der Waals surface area (Å²) in [6.45, 7) is 3.73. The Morgan fingerprint density at radius 2 is 2.11 bits per heavy atom. The molecule has 19 heavy (non-hydrogen) atoms.